The second-order valence-corrected chi connectivity index (χ2v) is 6.96. The second-order valence-electron chi connectivity index (χ2n) is 6.56. The summed E-state index contributed by atoms with van der Waals surface area (Å²) in [5.41, 5.74) is 0.533. The van der Waals surface area contributed by atoms with E-state index in [1.54, 1.807) is 24.1 Å². The van der Waals surface area contributed by atoms with Crippen LogP contribution in [0.5, 0.6) is 0 Å². The Morgan fingerprint density at radius 1 is 1.08 bits per heavy atom. The zero-order chi connectivity index (χ0) is 18.5. The fourth-order valence-corrected chi connectivity index (χ4v) is 3.66. The van der Waals surface area contributed by atoms with Gasteiger partial charge in [0.15, 0.2) is 0 Å². The van der Waals surface area contributed by atoms with Crippen molar-refractivity contribution < 1.29 is 14.3 Å². The number of hydrogen-bond donors (Lipinski definition) is 0. The van der Waals surface area contributed by atoms with E-state index in [-0.39, 0.29) is 12.0 Å². The molecule has 0 unspecified atom stereocenters. The number of ether oxygens (including phenoxy) is 1. The number of amides is 2. The number of piperazine rings is 1. The molecule has 2 aliphatic rings. The number of carbonyl (C=O) groups is 2. The maximum absolute atomic E-state index is 12.6. The molecular formula is C18H25ClN4O3. The zero-order valence-corrected chi connectivity index (χ0v) is 15.9. The van der Waals surface area contributed by atoms with Crippen LogP contribution in [0.25, 0.3) is 0 Å². The van der Waals surface area contributed by atoms with Crippen molar-refractivity contribution in [3.63, 3.8) is 0 Å². The number of likely N-dealkylation sites (tertiary alicyclic amines) is 1. The summed E-state index contributed by atoms with van der Waals surface area (Å²) in [7, 11) is 0. The maximum atomic E-state index is 12.6. The molecule has 7 nitrogen and oxygen atoms in total. The molecule has 3 rings (SSSR count). The molecule has 0 aromatic carbocycles. The van der Waals surface area contributed by atoms with Crippen LogP contribution in [-0.2, 0) is 4.74 Å². The van der Waals surface area contributed by atoms with Gasteiger partial charge in [-0.2, -0.15) is 0 Å². The molecule has 1 aromatic heterocycles. The van der Waals surface area contributed by atoms with Gasteiger partial charge in [-0.15, -0.1) is 0 Å². The molecule has 8 heteroatoms. The summed E-state index contributed by atoms with van der Waals surface area (Å²) in [5.74, 6) is 0.656. The molecule has 0 N–H and O–H groups in total. The third-order valence-electron chi connectivity index (χ3n) is 4.82. The van der Waals surface area contributed by atoms with Crippen LogP contribution in [0.4, 0.5) is 10.6 Å². The Hall–Kier alpha value is -2.02. The third-order valence-corrected chi connectivity index (χ3v) is 5.10. The van der Waals surface area contributed by atoms with Gasteiger partial charge in [0, 0.05) is 45.5 Å². The highest BCUT2D eigenvalue weighted by molar-refractivity contribution is 6.33. The van der Waals surface area contributed by atoms with Gasteiger partial charge in [0.05, 0.1) is 17.2 Å². The molecule has 0 bridgehead atoms. The van der Waals surface area contributed by atoms with E-state index in [4.69, 9.17) is 16.3 Å². The minimum Gasteiger partial charge on any atom is -0.450 e. The molecule has 0 aliphatic carbocycles. The van der Waals surface area contributed by atoms with Crippen LogP contribution in [-0.4, -0.2) is 72.7 Å². The largest absolute Gasteiger partial charge is 0.450 e. The van der Waals surface area contributed by atoms with Crippen LogP contribution in [0.1, 0.15) is 36.5 Å². The van der Waals surface area contributed by atoms with Crippen molar-refractivity contribution in [1.82, 2.24) is 14.8 Å². The van der Waals surface area contributed by atoms with Gasteiger partial charge in [-0.05, 0) is 32.3 Å². The summed E-state index contributed by atoms with van der Waals surface area (Å²) in [6.45, 7) is 6.15. The summed E-state index contributed by atoms with van der Waals surface area (Å²) in [4.78, 5) is 34.4. The van der Waals surface area contributed by atoms with E-state index in [2.05, 4.69) is 4.98 Å². The number of nitrogens with zero attached hydrogens (tertiary/aromatic N) is 4. The summed E-state index contributed by atoms with van der Waals surface area (Å²) in [6, 6.07) is 1.71. The minimum atomic E-state index is -0.284. The molecule has 2 saturated heterocycles. The first kappa shape index (κ1) is 18.8. The first-order valence-corrected chi connectivity index (χ1v) is 9.59. The highest BCUT2D eigenvalue weighted by atomic mass is 35.5. The van der Waals surface area contributed by atoms with Gasteiger partial charge in [0.25, 0.3) is 5.91 Å². The van der Waals surface area contributed by atoms with Crippen molar-refractivity contribution in [3.8, 4) is 0 Å². The molecule has 0 saturated carbocycles. The fraction of sp³-hybridized carbons (Fsp3) is 0.611. The summed E-state index contributed by atoms with van der Waals surface area (Å²) >= 11 is 6.41. The van der Waals surface area contributed by atoms with Crippen LogP contribution in [0.15, 0.2) is 12.3 Å². The third kappa shape index (κ3) is 4.20. The lowest BCUT2D eigenvalue weighted by Crippen LogP contribution is -2.49. The first-order chi connectivity index (χ1) is 12.6. The quantitative estimate of drug-likeness (QED) is 0.806. The van der Waals surface area contributed by atoms with Crippen molar-refractivity contribution in [1.29, 1.82) is 0 Å². The predicted molar refractivity (Wildman–Crippen MR) is 99.8 cm³/mol. The highest BCUT2D eigenvalue weighted by Gasteiger charge is 2.25. The molecule has 1 aromatic rings. The average molecular weight is 381 g/mol. The normalized spacial score (nSPS) is 18.0. The van der Waals surface area contributed by atoms with Crippen molar-refractivity contribution in [3.05, 3.63) is 22.8 Å². The molecule has 2 aliphatic heterocycles. The standard InChI is InChI=1S/C18H25ClN4O3/c1-2-26-18(25)23-10-8-21(9-11-23)16-15(19)12-14(13-20-16)17(24)22-6-4-3-5-7-22/h12-13H,2-11H2,1H3. The Morgan fingerprint density at radius 3 is 2.38 bits per heavy atom. The molecule has 142 valence electrons. The number of piperidine rings is 1. The van der Waals surface area contributed by atoms with Crippen LogP contribution in [0.3, 0.4) is 0 Å². The van der Waals surface area contributed by atoms with E-state index in [9.17, 15) is 9.59 Å². The smallest absolute Gasteiger partial charge is 0.409 e. The number of hydrogen-bond acceptors (Lipinski definition) is 5. The van der Waals surface area contributed by atoms with E-state index in [1.165, 1.54) is 6.42 Å². The van der Waals surface area contributed by atoms with Crippen molar-refractivity contribution in [2.45, 2.75) is 26.2 Å². The Bertz CT molecular complexity index is 656. The minimum absolute atomic E-state index is 0.00206. The van der Waals surface area contributed by atoms with E-state index < -0.39 is 0 Å². The number of pyridine rings is 1. The van der Waals surface area contributed by atoms with E-state index in [0.717, 1.165) is 25.9 Å². The Balaban J connectivity index is 1.63. The zero-order valence-electron chi connectivity index (χ0n) is 15.1. The maximum Gasteiger partial charge on any atom is 0.409 e. The van der Waals surface area contributed by atoms with Gasteiger partial charge in [-0.25, -0.2) is 9.78 Å². The van der Waals surface area contributed by atoms with Crippen LogP contribution in [0, 0.1) is 0 Å². The van der Waals surface area contributed by atoms with Gasteiger partial charge in [0.1, 0.15) is 5.82 Å². The fourth-order valence-electron chi connectivity index (χ4n) is 3.38. The lowest BCUT2D eigenvalue weighted by Gasteiger charge is -2.35. The van der Waals surface area contributed by atoms with Crippen LogP contribution >= 0.6 is 11.6 Å². The molecule has 0 atom stereocenters. The molecule has 0 spiro atoms. The van der Waals surface area contributed by atoms with E-state index in [1.807, 2.05) is 9.80 Å². The Morgan fingerprint density at radius 2 is 1.77 bits per heavy atom. The van der Waals surface area contributed by atoms with E-state index >= 15 is 0 Å². The SMILES string of the molecule is CCOC(=O)N1CCN(c2ncc(C(=O)N3CCCCC3)cc2Cl)CC1. The van der Waals surface area contributed by atoms with E-state index in [0.29, 0.717) is 49.2 Å². The van der Waals surface area contributed by atoms with Gasteiger partial charge in [-0.3, -0.25) is 4.79 Å². The lowest BCUT2D eigenvalue weighted by atomic mass is 10.1. The van der Waals surface area contributed by atoms with Crippen LogP contribution < -0.4 is 4.90 Å². The van der Waals surface area contributed by atoms with Gasteiger partial charge in [-0.1, -0.05) is 11.6 Å². The number of aromatic nitrogens is 1. The summed E-state index contributed by atoms with van der Waals surface area (Å²) < 4.78 is 5.03. The second kappa shape index (κ2) is 8.58. The first-order valence-electron chi connectivity index (χ1n) is 9.21. The van der Waals surface area contributed by atoms with Gasteiger partial charge >= 0.3 is 6.09 Å². The summed E-state index contributed by atoms with van der Waals surface area (Å²) in [5, 5.41) is 0.470. The Labute approximate surface area is 158 Å². The average Bonchev–Trinajstić information content (AvgIpc) is 2.68. The lowest BCUT2D eigenvalue weighted by molar-refractivity contribution is 0.0723. The highest BCUT2D eigenvalue weighted by Crippen LogP contribution is 2.26. The summed E-state index contributed by atoms with van der Waals surface area (Å²) in [6.07, 6.45) is 4.61. The van der Waals surface area contributed by atoms with Crippen LogP contribution in [0.2, 0.25) is 5.02 Å². The number of anilines is 1. The number of halogens is 1. The monoisotopic (exact) mass is 380 g/mol. The Kier molecular flexibility index (Phi) is 6.19. The molecular weight excluding hydrogens is 356 g/mol. The van der Waals surface area contributed by atoms with Crippen molar-refractivity contribution in [2.24, 2.45) is 0 Å². The van der Waals surface area contributed by atoms with Gasteiger partial charge < -0.3 is 19.4 Å². The van der Waals surface area contributed by atoms with Crippen molar-refractivity contribution >= 4 is 29.4 Å². The molecule has 26 heavy (non-hydrogen) atoms. The molecule has 3 heterocycles. The molecule has 2 amide bonds. The topological polar surface area (TPSA) is 66.0 Å². The predicted octanol–water partition coefficient (Wildman–Crippen LogP) is 2.64. The number of rotatable bonds is 3. The van der Waals surface area contributed by atoms with Crippen molar-refractivity contribution in [2.75, 3.05) is 50.8 Å². The number of carbonyl (C=O) groups excluding carboxylic acids is 2. The molecule has 2 fully saturated rings. The van der Waals surface area contributed by atoms with Gasteiger partial charge in [0.2, 0.25) is 0 Å². The molecule has 0 radical (unpaired) electrons.